The number of anilines is 1. The Balaban J connectivity index is 1.66. The van der Waals surface area contributed by atoms with Gasteiger partial charge in [0, 0.05) is 4.47 Å². The molecule has 0 atom stereocenters. The zero-order chi connectivity index (χ0) is 16.2. The molecule has 0 radical (unpaired) electrons. The minimum absolute atomic E-state index is 0.188. The van der Waals surface area contributed by atoms with Crippen molar-refractivity contribution < 1.29 is 9.18 Å². The number of carbonyl (C=O) groups excluding carboxylic acids is 1. The summed E-state index contributed by atoms with van der Waals surface area (Å²) in [6.07, 6.45) is 1.70. The zero-order valence-electron chi connectivity index (χ0n) is 11.8. The first kappa shape index (κ1) is 15.3. The Bertz CT molecular complexity index is 820. The van der Waals surface area contributed by atoms with Crippen LogP contribution in [0.4, 0.5) is 10.1 Å². The van der Waals surface area contributed by atoms with E-state index in [4.69, 9.17) is 0 Å². The van der Waals surface area contributed by atoms with Gasteiger partial charge in [-0.05, 0) is 62.3 Å². The molecule has 0 fully saturated rings. The SMILES string of the molecule is O=C(Cc1ccc(-n2cnnn2)cc1)Nc1ccc(F)cc1Br. The highest BCUT2D eigenvalue weighted by molar-refractivity contribution is 9.10. The minimum atomic E-state index is -0.368. The van der Waals surface area contributed by atoms with E-state index < -0.39 is 0 Å². The second kappa shape index (κ2) is 6.66. The molecule has 0 unspecified atom stereocenters. The number of aromatic nitrogens is 4. The number of hydrogen-bond acceptors (Lipinski definition) is 4. The van der Waals surface area contributed by atoms with Crippen molar-refractivity contribution in [1.82, 2.24) is 20.2 Å². The fraction of sp³-hybridized carbons (Fsp3) is 0.0667. The molecule has 0 bridgehead atoms. The van der Waals surface area contributed by atoms with Gasteiger partial charge in [-0.2, -0.15) is 0 Å². The van der Waals surface area contributed by atoms with Gasteiger partial charge >= 0.3 is 0 Å². The second-order valence-electron chi connectivity index (χ2n) is 4.77. The van der Waals surface area contributed by atoms with Gasteiger partial charge in [-0.3, -0.25) is 4.79 Å². The Hall–Kier alpha value is -2.61. The lowest BCUT2D eigenvalue weighted by Crippen LogP contribution is -2.14. The summed E-state index contributed by atoms with van der Waals surface area (Å²) in [5.41, 5.74) is 2.18. The van der Waals surface area contributed by atoms with E-state index in [2.05, 4.69) is 36.8 Å². The maximum atomic E-state index is 13.0. The van der Waals surface area contributed by atoms with Gasteiger partial charge < -0.3 is 5.32 Å². The highest BCUT2D eigenvalue weighted by atomic mass is 79.9. The maximum Gasteiger partial charge on any atom is 0.228 e. The van der Waals surface area contributed by atoms with Crippen molar-refractivity contribution in [2.24, 2.45) is 0 Å². The van der Waals surface area contributed by atoms with Crippen molar-refractivity contribution in [3.63, 3.8) is 0 Å². The molecule has 8 heteroatoms. The van der Waals surface area contributed by atoms with Crippen molar-refractivity contribution in [3.8, 4) is 5.69 Å². The second-order valence-corrected chi connectivity index (χ2v) is 5.62. The Morgan fingerprint density at radius 1 is 1.22 bits per heavy atom. The van der Waals surface area contributed by atoms with Crippen LogP contribution in [0.15, 0.2) is 53.3 Å². The monoisotopic (exact) mass is 375 g/mol. The maximum absolute atomic E-state index is 13.0. The third-order valence-corrected chi connectivity index (χ3v) is 3.78. The van der Waals surface area contributed by atoms with Gasteiger partial charge in [0.1, 0.15) is 12.1 Å². The van der Waals surface area contributed by atoms with Crippen LogP contribution in [0, 0.1) is 5.82 Å². The third kappa shape index (κ3) is 3.78. The van der Waals surface area contributed by atoms with E-state index in [1.807, 2.05) is 24.3 Å². The van der Waals surface area contributed by atoms with Crippen LogP contribution >= 0.6 is 15.9 Å². The molecule has 0 saturated carbocycles. The number of rotatable bonds is 4. The number of benzene rings is 2. The van der Waals surface area contributed by atoms with Gasteiger partial charge in [0.2, 0.25) is 5.91 Å². The molecule has 2 aromatic carbocycles. The quantitative estimate of drug-likeness (QED) is 0.760. The fourth-order valence-corrected chi connectivity index (χ4v) is 2.47. The molecular formula is C15H11BrFN5O. The first-order chi connectivity index (χ1) is 11.1. The average Bonchev–Trinajstić information content (AvgIpc) is 3.05. The molecular weight excluding hydrogens is 365 g/mol. The number of nitrogens with one attached hydrogen (secondary N) is 1. The molecule has 0 saturated heterocycles. The summed E-state index contributed by atoms with van der Waals surface area (Å²) in [5.74, 6) is -0.555. The van der Waals surface area contributed by atoms with E-state index in [1.165, 1.54) is 29.2 Å². The van der Waals surface area contributed by atoms with Gasteiger partial charge in [0.05, 0.1) is 17.8 Å². The molecule has 3 rings (SSSR count). The lowest BCUT2D eigenvalue weighted by molar-refractivity contribution is -0.115. The Morgan fingerprint density at radius 3 is 2.65 bits per heavy atom. The number of hydrogen-bond donors (Lipinski definition) is 1. The third-order valence-electron chi connectivity index (χ3n) is 3.12. The first-order valence-corrected chi connectivity index (χ1v) is 7.48. The molecule has 3 aromatic rings. The normalized spacial score (nSPS) is 10.5. The highest BCUT2D eigenvalue weighted by Gasteiger charge is 2.08. The summed E-state index contributed by atoms with van der Waals surface area (Å²) < 4.78 is 15.1. The van der Waals surface area contributed by atoms with Crippen LogP contribution < -0.4 is 5.32 Å². The van der Waals surface area contributed by atoms with E-state index in [-0.39, 0.29) is 18.1 Å². The van der Waals surface area contributed by atoms with Crippen molar-refractivity contribution in [3.05, 3.63) is 64.6 Å². The van der Waals surface area contributed by atoms with Gasteiger partial charge in [-0.15, -0.1) is 5.10 Å². The van der Waals surface area contributed by atoms with Crippen LogP contribution in [0.3, 0.4) is 0 Å². The summed E-state index contributed by atoms with van der Waals surface area (Å²) in [5, 5.41) is 13.7. The summed E-state index contributed by atoms with van der Waals surface area (Å²) in [4.78, 5) is 12.1. The number of tetrazole rings is 1. The molecule has 116 valence electrons. The smallest absolute Gasteiger partial charge is 0.228 e. The highest BCUT2D eigenvalue weighted by Crippen LogP contribution is 2.23. The summed E-state index contributed by atoms with van der Waals surface area (Å²) in [7, 11) is 0. The van der Waals surface area contributed by atoms with Crippen LogP contribution in [-0.4, -0.2) is 26.1 Å². The van der Waals surface area contributed by atoms with Crippen molar-refractivity contribution >= 4 is 27.5 Å². The molecule has 1 heterocycles. The number of halogens is 2. The molecule has 23 heavy (non-hydrogen) atoms. The molecule has 0 aliphatic rings. The fourth-order valence-electron chi connectivity index (χ4n) is 2.02. The van der Waals surface area contributed by atoms with Crippen molar-refractivity contribution in [1.29, 1.82) is 0 Å². The minimum Gasteiger partial charge on any atom is -0.325 e. The number of nitrogens with zero attached hydrogens (tertiary/aromatic N) is 4. The zero-order valence-corrected chi connectivity index (χ0v) is 13.4. The van der Waals surface area contributed by atoms with Crippen LogP contribution in [0.5, 0.6) is 0 Å². The Labute approximate surface area is 139 Å². The Morgan fingerprint density at radius 2 is 2.00 bits per heavy atom. The standard InChI is InChI=1S/C15H11BrFN5O/c16-13-8-11(17)3-6-14(13)19-15(23)7-10-1-4-12(5-2-10)22-9-18-20-21-22/h1-6,8-9H,7H2,(H,19,23). The van der Waals surface area contributed by atoms with Crippen LogP contribution in [-0.2, 0) is 11.2 Å². The van der Waals surface area contributed by atoms with Crippen LogP contribution in [0.1, 0.15) is 5.56 Å². The largest absolute Gasteiger partial charge is 0.325 e. The molecule has 0 spiro atoms. The molecule has 1 aromatic heterocycles. The summed E-state index contributed by atoms with van der Waals surface area (Å²) in [6.45, 7) is 0. The number of amides is 1. The van der Waals surface area contributed by atoms with E-state index in [1.54, 1.807) is 0 Å². The van der Waals surface area contributed by atoms with Crippen molar-refractivity contribution in [2.45, 2.75) is 6.42 Å². The van der Waals surface area contributed by atoms with Crippen molar-refractivity contribution in [2.75, 3.05) is 5.32 Å². The molecule has 1 amide bonds. The van der Waals surface area contributed by atoms with E-state index in [0.717, 1.165) is 11.3 Å². The lowest BCUT2D eigenvalue weighted by atomic mass is 10.1. The first-order valence-electron chi connectivity index (χ1n) is 6.69. The molecule has 1 N–H and O–H groups in total. The van der Waals surface area contributed by atoms with Gasteiger partial charge in [0.25, 0.3) is 0 Å². The lowest BCUT2D eigenvalue weighted by Gasteiger charge is -2.08. The molecule has 6 nitrogen and oxygen atoms in total. The van der Waals surface area contributed by atoms with Gasteiger partial charge in [-0.25, -0.2) is 9.07 Å². The van der Waals surface area contributed by atoms with E-state index in [9.17, 15) is 9.18 Å². The Kier molecular flexibility index (Phi) is 4.42. The summed E-state index contributed by atoms with van der Waals surface area (Å²) in [6, 6.07) is 11.4. The summed E-state index contributed by atoms with van der Waals surface area (Å²) >= 11 is 3.22. The molecule has 0 aliphatic heterocycles. The van der Waals surface area contributed by atoms with Crippen LogP contribution in [0.25, 0.3) is 5.69 Å². The number of carbonyl (C=O) groups is 1. The molecule has 0 aliphatic carbocycles. The predicted octanol–water partition coefficient (Wildman–Crippen LogP) is 2.75. The van der Waals surface area contributed by atoms with Crippen LogP contribution in [0.2, 0.25) is 0 Å². The van der Waals surface area contributed by atoms with E-state index in [0.29, 0.717) is 10.2 Å². The topological polar surface area (TPSA) is 72.7 Å². The van der Waals surface area contributed by atoms with E-state index >= 15 is 0 Å². The van der Waals surface area contributed by atoms with Gasteiger partial charge in [0.15, 0.2) is 0 Å². The average molecular weight is 376 g/mol. The predicted molar refractivity (Wildman–Crippen MR) is 85.6 cm³/mol. The van der Waals surface area contributed by atoms with Gasteiger partial charge in [-0.1, -0.05) is 12.1 Å².